The van der Waals surface area contributed by atoms with Crippen LogP contribution in [-0.2, 0) is 9.59 Å². The fraction of sp³-hybridized carbons (Fsp3) is 0.867. The number of hydrogen-bond acceptors (Lipinski definition) is 2. The summed E-state index contributed by atoms with van der Waals surface area (Å²) in [5.41, 5.74) is 0.204. The Labute approximate surface area is 115 Å². The molecule has 0 radical (unpaired) electrons. The SMILES string of the molecule is CC1(C)CCCC(C(=O)NC(CC2CC2)C(=O)O)C1. The van der Waals surface area contributed by atoms with E-state index in [-0.39, 0.29) is 17.2 Å². The smallest absolute Gasteiger partial charge is 0.326 e. The lowest BCUT2D eigenvalue weighted by atomic mass is 9.72. The Balaban J connectivity index is 1.88. The van der Waals surface area contributed by atoms with Crippen molar-refractivity contribution in [1.82, 2.24) is 5.32 Å². The van der Waals surface area contributed by atoms with E-state index in [1.54, 1.807) is 0 Å². The molecule has 19 heavy (non-hydrogen) atoms. The maximum absolute atomic E-state index is 12.2. The van der Waals surface area contributed by atoms with Gasteiger partial charge < -0.3 is 10.4 Å². The third kappa shape index (κ3) is 4.22. The van der Waals surface area contributed by atoms with E-state index in [1.165, 1.54) is 0 Å². The van der Waals surface area contributed by atoms with Crippen molar-refractivity contribution in [3.8, 4) is 0 Å². The van der Waals surface area contributed by atoms with Crippen molar-refractivity contribution in [1.29, 1.82) is 0 Å². The lowest BCUT2D eigenvalue weighted by Gasteiger charge is -2.34. The predicted molar refractivity (Wildman–Crippen MR) is 72.6 cm³/mol. The van der Waals surface area contributed by atoms with Crippen molar-refractivity contribution in [2.45, 2.75) is 64.8 Å². The Hall–Kier alpha value is -1.06. The van der Waals surface area contributed by atoms with Gasteiger partial charge in [0.2, 0.25) is 5.91 Å². The molecule has 0 spiro atoms. The summed E-state index contributed by atoms with van der Waals surface area (Å²) in [6, 6.07) is -0.690. The van der Waals surface area contributed by atoms with E-state index in [4.69, 9.17) is 0 Å². The van der Waals surface area contributed by atoms with Gasteiger partial charge in [0.25, 0.3) is 0 Å². The van der Waals surface area contributed by atoms with Crippen LogP contribution >= 0.6 is 0 Å². The van der Waals surface area contributed by atoms with Gasteiger partial charge in [-0.15, -0.1) is 0 Å². The van der Waals surface area contributed by atoms with Crippen LogP contribution < -0.4 is 5.32 Å². The van der Waals surface area contributed by atoms with E-state index < -0.39 is 12.0 Å². The first kappa shape index (κ1) is 14.4. The minimum absolute atomic E-state index is 0.00944. The van der Waals surface area contributed by atoms with Gasteiger partial charge in [-0.05, 0) is 37.0 Å². The number of carboxylic acids is 1. The summed E-state index contributed by atoms with van der Waals surface area (Å²) in [6.45, 7) is 4.37. The van der Waals surface area contributed by atoms with Crippen LogP contribution in [0.3, 0.4) is 0 Å². The molecule has 2 atom stereocenters. The summed E-state index contributed by atoms with van der Waals surface area (Å²) in [6.07, 6.45) is 6.79. The van der Waals surface area contributed by atoms with Crippen LogP contribution in [0.25, 0.3) is 0 Å². The molecule has 2 fully saturated rings. The molecule has 0 saturated heterocycles. The number of amides is 1. The second kappa shape index (κ2) is 5.51. The molecule has 0 aliphatic heterocycles. The van der Waals surface area contributed by atoms with Crippen LogP contribution in [0.1, 0.15) is 58.8 Å². The third-order valence-electron chi connectivity index (χ3n) is 4.46. The molecule has 0 aromatic carbocycles. The molecule has 0 aromatic rings. The Kier molecular flexibility index (Phi) is 4.16. The number of aliphatic carboxylic acids is 1. The van der Waals surface area contributed by atoms with Crippen molar-refractivity contribution in [2.75, 3.05) is 0 Å². The zero-order chi connectivity index (χ0) is 14.0. The Morgan fingerprint density at radius 3 is 2.53 bits per heavy atom. The normalized spacial score (nSPS) is 27.6. The number of carboxylic acid groups (broad SMARTS) is 1. The monoisotopic (exact) mass is 267 g/mol. The average Bonchev–Trinajstić information content (AvgIpc) is 3.10. The standard InChI is InChI=1S/C15H25NO3/c1-15(2)7-3-4-11(9-15)13(17)16-12(14(18)19)8-10-5-6-10/h10-12H,3-9H2,1-2H3,(H,16,17)(H,18,19). The van der Waals surface area contributed by atoms with Gasteiger partial charge in [-0.25, -0.2) is 4.79 Å². The van der Waals surface area contributed by atoms with Gasteiger partial charge in [0.1, 0.15) is 6.04 Å². The van der Waals surface area contributed by atoms with Crippen molar-refractivity contribution in [3.63, 3.8) is 0 Å². The van der Waals surface area contributed by atoms with E-state index in [0.717, 1.165) is 38.5 Å². The number of carbonyl (C=O) groups is 2. The topological polar surface area (TPSA) is 66.4 Å². The molecular weight excluding hydrogens is 242 g/mol. The second-order valence-electron chi connectivity index (χ2n) is 7.04. The highest BCUT2D eigenvalue weighted by Crippen LogP contribution is 2.39. The highest BCUT2D eigenvalue weighted by Gasteiger charge is 2.35. The zero-order valence-corrected chi connectivity index (χ0v) is 11.9. The molecule has 0 heterocycles. The van der Waals surface area contributed by atoms with Crippen molar-refractivity contribution < 1.29 is 14.7 Å². The molecule has 0 aromatic heterocycles. The van der Waals surface area contributed by atoms with Gasteiger partial charge in [0, 0.05) is 5.92 Å². The first-order chi connectivity index (χ1) is 8.87. The van der Waals surface area contributed by atoms with Gasteiger partial charge in [-0.1, -0.05) is 33.1 Å². The summed E-state index contributed by atoms with van der Waals surface area (Å²) < 4.78 is 0. The molecule has 2 saturated carbocycles. The molecule has 0 bridgehead atoms. The van der Waals surface area contributed by atoms with E-state index in [0.29, 0.717) is 12.3 Å². The highest BCUT2D eigenvalue weighted by molar-refractivity contribution is 5.85. The minimum Gasteiger partial charge on any atom is -0.480 e. The zero-order valence-electron chi connectivity index (χ0n) is 11.9. The fourth-order valence-corrected chi connectivity index (χ4v) is 3.12. The van der Waals surface area contributed by atoms with Gasteiger partial charge in [0.05, 0.1) is 0 Å². The molecule has 4 heteroatoms. The van der Waals surface area contributed by atoms with Gasteiger partial charge in [0.15, 0.2) is 0 Å². The lowest BCUT2D eigenvalue weighted by molar-refractivity contribution is -0.143. The Bertz CT molecular complexity index is 360. The lowest BCUT2D eigenvalue weighted by Crippen LogP contribution is -2.45. The number of hydrogen-bond donors (Lipinski definition) is 2. The molecule has 2 N–H and O–H groups in total. The van der Waals surface area contributed by atoms with Crippen LogP contribution in [0, 0.1) is 17.3 Å². The van der Waals surface area contributed by atoms with Crippen LogP contribution in [0.4, 0.5) is 0 Å². The maximum atomic E-state index is 12.2. The second-order valence-corrected chi connectivity index (χ2v) is 7.04. The first-order valence-corrected chi connectivity index (χ1v) is 7.40. The molecule has 2 unspecified atom stereocenters. The highest BCUT2D eigenvalue weighted by atomic mass is 16.4. The van der Waals surface area contributed by atoms with E-state index in [2.05, 4.69) is 19.2 Å². The Morgan fingerprint density at radius 2 is 2.00 bits per heavy atom. The van der Waals surface area contributed by atoms with E-state index in [1.807, 2.05) is 0 Å². The maximum Gasteiger partial charge on any atom is 0.326 e. The summed E-state index contributed by atoms with van der Waals surface area (Å²) in [4.78, 5) is 23.4. The molecule has 108 valence electrons. The van der Waals surface area contributed by atoms with Crippen molar-refractivity contribution in [3.05, 3.63) is 0 Å². The third-order valence-corrected chi connectivity index (χ3v) is 4.46. The number of rotatable bonds is 5. The summed E-state index contributed by atoms with van der Waals surface area (Å²) in [7, 11) is 0. The molecule has 1 amide bonds. The molecule has 2 aliphatic carbocycles. The Morgan fingerprint density at radius 1 is 1.32 bits per heavy atom. The van der Waals surface area contributed by atoms with Crippen LogP contribution in [-0.4, -0.2) is 23.0 Å². The minimum atomic E-state index is -0.893. The van der Waals surface area contributed by atoms with E-state index in [9.17, 15) is 14.7 Å². The van der Waals surface area contributed by atoms with E-state index >= 15 is 0 Å². The molecule has 4 nitrogen and oxygen atoms in total. The predicted octanol–water partition coefficient (Wildman–Crippen LogP) is 2.57. The summed E-state index contributed by atoms with van der Waals surface area (Å²) in [5, 5.41) is 11.9. The number of carbonyl (C=O) groups excluding carboxylic acids is 1. The average molecular weight is 267 g/mol. The van der Waals surface area contributed by atoms with Gasteiger partial charge in [-0.3, -0.25) is 4.79 Å². The summed E-state index contributed by atoms with van der Waals surface area (Å²) >= 11 is 0. The molecule has 2 aliphatic rings. The molecule has 2 rings (SSSR count). The summed E-state index contributed by atoms with van der Waals surface area (Å²) in [5.74, 6) is -0.454. The van der Waals surface area contributed by atoms with Crippen LogP contribution in [0.5, 0.6) is 0 Å². The van der Waals surface area contributed by atoms with Gasteiger partial charge in [-0.2, -0.15) is 0 Å². The first-order valence-electron chi connectivity index (χ1n) is 7.40. The quantitative estimate of drug-likeness (QED) is 0.804. The van der Waals surface area contributed by atoms with Crippen molar-refractivity contribution in [2.24, 2.45) is 17.3 Å². The number of nitrogens with one attached hydrogen (secondary N) is 1. The fourth-order valence-electron chi connectivity index (χ4n) is 3.12. The molecular formula is C15H25NO3. The van der Waals surface area contributed by atoms with Crippen LogP contribution in [0.2, 0.25) is 0 Å². The van der Waals surface area contributed by atoms with Gasteiger partial charge >= 0.3 is 5.97 Å². The van der Waals surface area contributed by atoms with Crippen molar-refractivity contribution >= 4 is 11.9 Å². The van der Waals surface area contributed by atoms with Crippen LogP contribution in [0.15, 0.2) is 0 Å². The largest absolute Gasteiger partial charge is 0.480 e.